The smallest absolute Gasteiger partial charge is 0.0304 e. The molecule has 0 amide bonds. The number of unbranched alkanes of at least 4 members (excludes halogenated alkanes) is 3. The molecule has 0 radical (unpaired) electrons. The summed E-state index contributed by atoms with van der Waals surface area (Å²) in [4.78, 5) is 2.72. The molecule has 0 aliphatic carbocycles. The molecule has 1 atom stereocenters. The van der Waals surface area contributed by atoms with E-state index in [4.69, 9.17) is 0 Å². The van der Waals surface area contributed by atoms with Gasteiger partial charge in [-0.15, -0.1) is 0 Å². The average molecular weight is 240 g/mol. The van der Waals surface area contributed by atoms with Crippen LogP contribution in [-0.4, -0.2) is 35.6 Å². The van der Waals surface area contributed by atoms with E-state index in [2.05, 4.69) is 44.8 Å². The Bertz CT molecular complexity index is 225. The van der Waals surface area contributed by atoms with Crippen LogP contribution in [0.25, 0.3) is 0 Å². The fraction of sp³-hybridized carbons (Fsp3) is 1.00. The van der Waals surface area contributed by atoms with Gasteiger partial charge >= 0.3 is 0 Å². The first kappa shape index (κ1) is 15.0. The van der Waals surface area contributed by atoms with Gasteiger partial charge in [0.1, 0.15) is 0 Å². The maximum atomic E-state index is 3.69. The molecule has 0 bridgehead atoms. The van der Waals surface area contributed by atoms with Gasteiger partial charge in [-0.25, -0.2) is 0 Å². The summed E-state index contributed by atoms with van der Waals surface area (Å²) in [6.45, 7) is 15.2. The second kappa shape index (κ2) is 6.19. The second-order valence-corrected chi connectivity index (χ2v) is 6.57. The second-order valence-electron chi connectivity index (χ2n) is 6.57. The van der Waals surface area contributed by atoms with Gasteiger partial charge < -0.3 is 5.32 Å². The fourth-order valence-corrected chi connectivity index (χ4v) is 2.69. The van der Waals surface area contributed by atoms with Crippen LogP contribution in [0.1, 0.15) is 66.7 Å². The monoisotopic (exact) mass is 240 g/mol. The molecule has 102 valence electrons. The number of nitrogens with zero attached hydrogens (tertiary/aromatic N) is 1. The van der Waals surface area contributed by atoms with Crippen LogP contribution in [0.15, 0.2) is 0 Å². The van der Waals surface area contributed by atoms with Gasteiger partial charge in [-0.1, -0.05) is 33.1 Å². The molecule has 0 aromatic heterocycles. The zero-order chi connectivity index (χ0) is 12.9. The van der Waals surface area contributed by atoms with Crippen molar-refractivity contribution < 1.29 is 0 Å². The van der Waals surface area contributed by atoms with Gasteiger partial charge in [0.25, 0.3) is 0 Å². The van der Waals surface area contributed by atoms with Crippen molar-refractivity contribution >= 4 is 0 Å². The molecule has 0 saturated carbocycles. The molecule has 1 fully saturated rings. The number of piperazine rings is 1. The Morgan fingerprint density at radius 3 is 2.35 bits per heavy atom. The third-order valence-corrected chi connectivity index (χ3v) is 4.34. The predicted molar refractivity (Wildman–Crippen MR) is 76.5 cm³/mol. The Kier molecular flexibility index (Phi) is 5.46. The molecule has 1 unspecified atom stereocenters. The first-order valence-electron chi connectivity index (χ1n) is 7.43. The van der Waals surface area contributed by atoms with Crippen LogP contribution in [0.3, 0.4) is 0 Å². The summed E-state index contributed by atoms with van der Waals surface area (Å²) in [7, 11) is 0. The van der Waals surface area contributed by atoms with Crippen LogP contribution in [0.2, 0.25) is 0 Å². The van der Waals surface area contributed by atoms with E-state index in [1.165, 1.54) is 45.2 Å². The van der Waals surface area contributed by atoms with Crippen LogP contribution in [0, 0.1) is 0 Å². The van der Waals surface area contributed by atoms with E-state index in [9.17, 15) is 0 Å². The van der Waals surface area contributed by atoms with Crippen molar-refractivity contribution in [3.8, 4) is 0 Å². The maximum Gasteiger partial charge on any atom is 0.0304 e. The van der Waals surface area contributed by atoms with Crippen LogP contribution in [-0.2, 0) is 0 Å². The van der Waals surface area contributed by atoms with Crippen LogP contribution < -0.4 is 5.32 Å². The summed E-state index contributed by atoms with van der Waals surface area (Å²) in [5.41, 5.74) is 0.640. The maximum absolute atomic E-state index is 3.69. The molecule has 1 aliphatic heterocycles. The van der Waals surface area contributed by atoms with E-state index in [0.29, 0.717) is 5.54 Å². The van der Waals surface area contributed by atoms with Crippen molar-refractivity contribution in [1.82, 2.24) is 10.2 Å². The molecule has 0 spiro atoms. The molecule has 1 saturated heterocycles. The summed E-state index contributed by atoms with van der Waals surface area (Å²) in [6, 6.07) is 0. The molecule has 0 aromatic carbocycles. The summed E-state index contributed by atoms with van der Waals surface area (Å²) in [5, 5.41) is 3.69. The molecule has 1 aliphatic rings. The molecule has 1 heterocycles. The summed E-state index contributed by atoms with van der Waals surface area (Å²) >= 11 is 0. The molecule has 2 heteroatoms. The molecule has 1 N–H and O–H groups in total. The zero-order valence-electron chi connectivity index (χ0n) is 12.6. The highest BCUT2D eigenvalue weighted by Crippen LogP contribution is 2.27. The highest BCUT2D eigenvalue weighted by Gasteiger charge is 2.38. The number of hydrogen-bond donors (Lipinski definition) is 1. The molecule has 1 rings (SSSR count). The largest absolute Gasteiger partial charge is 0.309 e. The molecular formula is C15H32N2. The highest BCUT2D eigenvalue weighted by atomic mass is 15.3. The Hall–Kier alpha value is -0.0800. The minimum atomic E-state index is 0.277. The van der Waals surface area contributed by atoms with Gasteiger partial charge in [0.2, 0.25) is 0 Å². The van der Waals surface area contributed by atoms with Gasteiger partial charge in [-0.3, -0.25) is 4.90 Å². The first-order valence-corrected chi connectivity index (χ1v) is 7.43. The first-order chi connectivity index (χ1) is 7.93. The van der Waals surface area contributed by atoms with Gasteiger partial charge in [0.05, 0.1) is 0 Å². The lowest BCUT2D eigenvalue weighted by Crippen LogP contribution is -2.67. The molecule has 0 aromatic rings. The third kappa shape index (κ3) is 4.26. The number of hydrogen-bond acceptors (Lipinski definition) is 2. The van der Waals surface area contributed by atoms with E-state index < -0.39 is 0 Å². The number of nitrogens with one attached hydrogen (secondary N) is 1. The number of rotatable bonds is 6. The van der Waals surface area contributed by atoms with Gasteiger partial charge in [0, 0.05) is 24.2 Å². The zero-order valence-corrected chi connectivity index (χ0v) is 12.6. The topological polar surface area (TPSA) is 15.3 Å². The van der Waals surface area contributed by atoms with Crippen molar-refractivity contribution in [2.24, 2.45) is 0 Å². The van der Waals surface area contributed by atoms with Gasteiger partial charge in [0.15, 0.2) is 0 Å². The van der Waals surface area contributed by atoms with E-state index in [1.54, 1.807) is 0 Å². The lowest BCUT2D eigenvalue weighted by molar-refractivity contribution is 0.0230. The molecular weight excluding hydrogens is 208 g/mol. The van der Waals surface area contributed by atoms with E-state index in [-0.39, 0.29) is 5.54 Å². The third-order valence-electron chi connectivity index (χ3n) is 4.34. The van der Waals surface area contributed by atoms with E-state index in [1.807, 2.05) is 0 Å². The average Bonchev–Trinajstić information content (AvgIpc) is 2.29. The van der Waals surface area contributed by atoms with Crippen LogP contribution >= 0.6 is 0 Å². The van der Waals surface area contributed by atoms with Crippen molar-refractivity contribution in [3.63, 3.8) is 0 Å². The predicted octanol–water partition coefficient (Wildman–Crippen LogP) is 3.42. The fourth-order valence-electron chi connectivity index (χ4n) is 2.69. The van der Waals surface area contributed by atoms with Crippen molar-refractivity contribution in [1.29, 1.82) is 0 Å². The summed E-state index contributed by atoms with van der Waals surface area (Å²) in [5.74, 6) is 0. The summed E-state index contributed by atoms with van der Waals surface area (Å²) in [6.07, 6.45) is 6.71. The van der Waals surface area contributed by atoms with E-state index in [0.717, 1.165) is 6.54 Å². The van der Waals surface area contributed by atoms with Crippen LogP contribution in [0.5, 0.6) is 0 Å². The summed E-state index contributed by atoms with van der Waals surface area (Å²) < 4.78 is 0. The SMILES string of the molecule is CCCCCCN1CC(C)(C)NCC1(C)CC. The standard InChI is InChI=1S/C15H32N2/c1-6-8-9-10-11-17-13-14(3,4)16-12-15(17,5)7-2/h16H,6-13H2,1-5H3. The van der Waals surface area contributed by atoms with Crippen molar-refractivity contribution in [3.05, 3.63) is 0 Å². The Morgan fingerprint density at radius 1 is 1.06 bits per heavy atom. The Morgan fingerprint density at radius 2 is 1.76 bits per heavy atom. The van der Waals surface area contributed by atoms with E-state index >= 15 is 0 Å². The Balaban J connectivity index is 2.50. The quantitative estimate of drug-likeness (QED) is 0.716. The molecule has 17 heavy (non-hydrogen) atoms. The lowest BCUT2D eigenvalue weighted by atomic mass is 9.87. The molecule has 2 nitrogen and oxygen atoms in total. The normalized spacial score (nSPS) is 29.5. The van der Waals surface area contributed by atoms with Crippen molar-refractivity contribution in [2.75, 3.05) is 19.6 Å². The minimum Gasteiger partial charge on any atom is -0.309 e. The lowest BCUT2D eigenvalue weighted by Gasteiger charge is -2.51. The van der Waals surface area contributed by atoms with Crippen molar-refractivity contribution in [2.45, 2.75) is 77.8 Å². The minimum absolute atomic E-state index is 0.277. The van der Waals surface area contributed by atoms with Crippen LogP contribution in [0.4, 0.5) is 0 Å². The van der Waals surface area contributed by atoms with Gasteiger partial charge in [-0.05, 0) is 40.2 Å². The van der Waals surface area contributed by atoms with Gasteiger partial charge in [-0.2, -0.15) is 0 Å². The Labute approximate surface area is 108 Å². The highest BCUT2D eigenvalue weighted by molar-refractivity contribution is 4.99.